The van der Waals surface area contributed by atoms with E-state index in [-0.39, 0.29) is 0 Å². The second kappa shape index (κ2) is 7.99. The van der Waals surface area contributed by atoms with Gasteiger partial charge in [0.1, 0.15) is 0 Å². The molecular formula is C16H29N3S. The zero-order valence-electron chi connectivity index (χ0n) is 13.2. The molecule has 1 N–H and O–H groups in total. The fourth-order valence-electron chi connectivity index (χ4n) is 2.85. The van der Waals surface area contributed by atoms with Gasteiger partial charge in [-0.3, -0.25) is 0 Å². The molecule has 0 aliphatic carbocycles. The van der Waals surface area contributed by atoms with Crippen LogP contribution in [0.2, 0.25) is 0 Å². The van der Waals surface area contributed by atoms with Gasteiger partial charge in [-0.15, -0.1) is 11.3 Å². The minimum atomic E-state index is 0.427. The van der Waals surface area contributed by atoms with Gasteiger partial charge < -0.3 is 10.2 Å². The van der Waals surface area contributed by atoms with Crippen LogP contribution in [-0.4, -0.2) is 24.6 Å². The average molecular weight is 295 g/mol. The lowest BCUT2D eigenvalue weighted by molar-refractivity contribution is 0.459. The zero-order valence-corrected chi connectivity index (χ0v) is 14.0. The first kappa shape index (κ1) is 15.8. The van der Waals surface area contributed by atoms with Crippen LogP contribution in [0.5, 0.6) is 0 Å². The Morgan fingerprint density at radius 1 is 1.40 bits per heavy atom. The van der Waals surface area contributed by atoms with Gasteiger partial charge in [-0.05, 0) is 45.1 Å². The van der Waals surface area contributed by atoms with Crippen LogP contribution in [0.3, 0.4) is 0 Å². The van der Waals surface area contributed by atoms with Crippen molar-refractivity contribution >= 4 is 16.5 Å². The summed E-state index contributed by atoms with van der Waals surface area (Å²) < 4.78 is 0. The van der Waals surface area contributed by atoms with Gasteiger partial charge in [-0.1, -0.05) is 20.3 Å². The number of rotatable bonds is 6. The van der Waals surface area contributed by atoms with Crippen molar-refractivity contribution in [2.45, 2.75) is 58.9 Å². The Morgan fingerprint density at radius 3 is 3.00 bits per heavy atom. The Morgan fingerprint density at radius 2 is 2.25 bits per heavy atom. The number of hydrogen-bond donors (Lipinski definition) is 1. The normalized spacial score (nSPS) is 21.8. The van der Waals surface area contributed by atoms with Gasteiger partial charge in [0.15, 0.2) is 5.13 Å². The molecule has 0 aromatic carbocycles. The summed E-state index contributed by atoms with van der Waals surface area (Å²) in [5.41, 5.74) is 0. The van der Waals surface area contributed by atoms with Crippen molar-refractivity contribution in [1.82, 2.24) is 10.3 Å². The van der Waals surface area contributed by atoms with Crippen LogP contribution in [0.15, 0.2) is 6.20 Å². The van der Waals surface area contributed by atoms with E-state index < -0.39 is 0 Å². The molecule has 2 unspecified atom stereocenters. The molecule has 0 amide bonds. The fraction of sp³-hybridized carbons (Fsp3) is 0.812. The molecule has 20 heavy (non-hydrogen) atoms. The summed E-state index contributed by atoms with van der Waals surface area (Å²) in [5.74, 6) is 0.921. The molecule has 2 atom stereocenters. The number of anilines is 1. The average Bonchev–Trinajstić information content (AvgIpc) is 2.83. The number of nitrogens with zero attached hydrogens (tertiary/aromatic N) is 2. The van der Waals surface area contributed by atoms with Gasteiger partial charge in [0.05, 0.1) is 0 Å². The first-order valence-corrected chi connectivity index (χ1v) is 9.00. The molecule has 1 fully saturated rings. The van der Waals surface area contributed by atoms with Crippen molar-refractivity contribution < 1.29 is 0 Å². The number of hydrogen-bond acceptors (Lipinski definition) is 4. The monoisotopic (exact) mass is 295 g/mol. The first-order valence-electron chi connectivity index (χ1n) is 8.18. The maximum atomic E-state index is 4.67. The lowest BCUT2D eigenvalue weighted by Gasteiger charge is -2.19. The highest BCUT2D eigenvalue weighted by molar-refractivity contribution is 7.15. The lowest BCUT2D eigenvalue weighted by atomic mass is 9.98. The summed E-state index contributed by atoms with van der Waals surface area (Å²) in [5, 5.41) is 4.77. The molecule has 1 aromatic rings. The molecule has 2 heterocycles. The SMILES string of the molecule is CCCNC(C)c1cnc(N2CCCC(CC)CC2)s1. The van der Waals surface area contributed by atoms with Crippen molar-refractivity contribution in [1.29, 1.82) is 0 Å². The van der Waals surface area contributed by atoms with E-state index in [1.807, 2.05) is 11.3 Å². The molecule has 1 aromatic heterocycles. The molecule has 1 aliphatic heterocycles. The molecule has 0 radical (unpaired) electrons. The van der Waals surface area contributed by atoms with E-state index in [0.29, 0.717) is 6.04 Å². The molecule has 2 rings (SSSR count). The van der Waals surface area contributed by atoms with E-state index >= 15 is 0 Å². The number of thiazole rings is 1. The summed E-state index contributed by atoms with van der Waals surface area (Å²) in [4.78, 5) is 8.53. The van der Waals surface area contributed by atoms with E-state index in [2.05, 4.69) is 42.2 Å². The third-order valence-corrected chi connectivity index (χ3v) is 5.58. The van der Waals surface area contributed by atoms with E-state index in [0.717, 1.165) is 12.5 Å². The predicted molar refractivity (Wildman–Crippen MR) is 88.7 cm³/mol. The highest BCUT2D eigenvalue weighted by atomic mass is 32.1. The molecule has 1 aliphatic rings. The Bertz CT molecular complexity index is 391. The molecule has 1 saturated heterocycles. The maximum Gasteiger partial charge on any atom is 0.185 e. The highest BCUT2D eigenvalue weighted by Crippen LogP contribution is 2.30. The molecule has 0 saturated carbocycles. The summed E-state index contributed by atoms with van der Waals surface area (Å²) in [7, 11) is 0. The molecule has 114 valence electrons. The van der Waals surface area contributed by atoms with E-state index in [4.69, 9.17) is 0 Å². The van der Waals surface area contributed by atoms with Crippen molar-refractivity contribution in [3.05, 3.63) is 11.1 Å². The smallest absolute Gasteiger partial charge is 0.185 e. The Hall–Kier alpha value is -0.610. The topological polar surface area (TPSA) is 28.2 Å². The molecule has 3 nitrogen and oxygen atoms in total. The van der Waals surface area contributed by atoms with Gasteiger partial charge in [-0.25, -0.2) is 4.98 Å². The highest BCUT2D eigenvalue weighted by Gasteiger charge is 2.19. The minimum absolute atomic E-state index is 0.427. The van der Waals surface area contributed by atoms with Crippen LogP contribution in [-0.2, 0) is 0 Å². The molecule has 0 spiro atoms. The number of aromatic nitrogens is 1. The van der Waals surface area contributed by atoms with Crippen LogP contribution >= 0.6 is 11.3 Å². The van der Waals surface area contributed by atoms with Crippen LogP contribution in [0.25, 0.3) is 0 Å². The van der Waals surface area contributed by atoms with E-state index in [9.17, 15) is 0 Å². The zero-order chi connectivity index (χ0) is 14.4. The van der Waals surface area contributed by atoms with Crippen LogP contribution in [0.1, 0.15) is 63.8 Å². The van der Waals surface area contributed by atoms with Crippen molar-refractivity contribution in [3.8, 4) is 0 Å². The van der Waals surface area contributed by atoms with Gasteiger partial charge in [-0.2, -0.15) is 0 Å². The minimum Gasteiger partial charge on any atom is -0.348 e. The fourth-order valence-corrected chi connectivity index (χ4v) is 3.84. The maximum absolute atomic E-state index is 4.67. The number of nitrogens with one attached hydrogen (secondary N) is 1. The van der Waals surface area contributed by atoms with E-state index in [1.54, 1.807) is 0 Å². The predicted octanol–water partition coefficient (Wildman–Crippen LogP) is 4.22. The molecule has 4 heteroatoms. The summed E-state index contributed by atoms with van der Waals surface area (Å²) in [6.45, 7) is 10.2. The van der Waals surface area contributed by atoms with Crippen molar-refractivity contribution in [3.63, 3.8) is 0 Å². The van der Waals surface area contributed by atoms with Crippen LogP contribution < -0.4 is 10.2 Å². The van der Waals surface area contributed by atoms with Gasteiger partial charge in [0.25, 0.3) is 0 Å². The standard InChI is InChI=1S/C16H29N3S/c1-4-9-17-13(3)15-12-18-16(20-15)19-10-6-7-14(5-2)8-11-19/h12-14,17H,4-11H2,1-3H3. The molecule has 0 bridgehead atoms. The first-order chi connectivity index (χ1) is 9.74. The Labute approximate surface area is 127 Å². The third kappa shape index (κ3) is 4.19. The van der Waals surface area contributed by atoms with E-state index in [1.165, 1.54) is 55.2 Å². The third-order valence-electron chi connectivity index (χ3n) is 4.33. The Kier molecular flexibility index (Phi) is 6.30. The Balaban J connectivity index is 1.94. The summed E-state index contributed by atoms with van der Waals surface area (Å²) in [6.07, 6.45) is 8.61. The quantitative estimate of drug-likeness (QED) is 0.851. The molecular weight excluding hydrogens is 266 g/mol. The van der Waals surface area contributed by atoms with Gasteiger partial charge in [0, 0.05) is 30.2 Å². The lowest BCUT2D eigenvalue weighted by Crippen LogP contribution is -2.23. The second-order valence-corrected chi connectivity index (χ2v) is 6.95. The van der Waals surface area contributed by atoms with Crippen molar-refractivity contribution in [2.24, 2.45) is 5.92 Å². The largest absolute Gasteiger partial charge is 0.348 e. The van der Waals surface area contributed by atoms with Crippen LogP contribution in [0, 0.1) is 5.92 Å². The van der Waals surface area contributed by atoms with Gasteiger partial charge >= 0.3 is 0 Å². The summed E-state index contributed by atoms with van der Waals surface area (Å²) in [6, 6.07) is 0.427. The van der Waals surface area contributed by atoms with Gasteiger partial charge in [0.2, 0.25) is 0 Å². The van der Waals surface area contributed by atoms with Crippen LogP contribution in [0.4, 0.5) is 5.13 Å². The van der Waals surface area contributed by atoms with Crippen molar-refractivity contribution in [2.75, 3.05) is 24.5 Å². The summed E-state index contributed by atoms with van der Waals surface area (Å²) >= 11 is 1.87. The second-order valence-electron chi connectivity index (χ2n) is 5.91.